The predicted octanol–water partition coefficient (Wildman–Crippen LogP) is 2.95. The molecule has 0 spiro atoms. The van der Waals surface area contributed by atoms with E-state index in [1.165, 1.54) is 0 Å². The molecule has 27 heavy (non-hydrogen) atoms. The van der Waals surface area contributed by atoms with Gasteiger partial charge in [0.05, 0.1) is 12.2 Å². The molecule has 3 aromatic rings. The molecule has 2 N–H and O–H groups in total. The lowest BCUT2D eigenvalue weighted by atomic mass is 10.2. The fraction of sp³-hybridized carbons (Fsp3) is 0.333. The van der Waals surface area contributed by atoms with Gasteiger partial charge in [-0.05, 0) is 25.5 Å². The van der Waals surface area contributed by atoms with Gasteiger partial charge in [0.15, 0.2) is 11.8 Å². The molecular formula is C18H23IN6O2. The summed E-state index contributed by atoms with van der Waals surface area (Å²) < 4.78 is 10.6. The maximum Gasteiger partial charge on any atom is 0.226 e. The molecule has 0 saturated heterocycles. The van der Waals surface area contributed by atoms with Crippen LogP contribution < -0.4 is 10.6 Å². The molecule has 0 atom stereocenters. The number of benzene rings is 1. The normalized spacial score (nSPS) is 11.1. The van der Waals surface area contributed by atoms with Crippen LogP contribution in [0.4, 0.5) is 0 Å². The second-order valence-electron chi connectivity index (χ2n) is 5.70. The van der Waals surface area contributed by atoms with Crippen molar-refractivity contribution in [3.8, 4) is 11.5 Å². The minimum Gasteiger partial charge on any atom is -0.444 e. The van der Waals surface area contributed by atoms with E-state index in [-0.39, 0.29) is 24.0 Å². The first-order chi connectivity index (χ1) is 12.7. The Morgan fingerprint density at radius 2 is 1.96 bits per heavy atom. The van der Waals surface area contributed by atoms with Gasteiger partial charge in [-0.3, -0.25) is 4.99 Å². The topological polar surface area (TPSA) is 101 Å². The van der Waals surface area contributed by atoms with Gasteiger partial charge < -0.3 is 19.6 Å². The molecular weight excluding hydrogens is 459 g/mol. The van der Waals surface area contributed by atoms with Crippen LogP contribution in [0.15, 0.2) is 50.5 Å². The highest BCUT2D eigenvalue weighted by molar-refractivity contribution is 14.0. The highest BCUT2D eigenvalue weighted by Crippen LogP contribution is 2.17. The quantitative estimate of drug-likeness (QED) is 0.231. The number of nitrogens with zero attached hydrogens (tertiary/aromatic N) is 4. The summed E-state index contributed by atoms with van der Waals surface area (Å²) in [6.07, 6.45) is 3.25. The first kappa shape index (κ1) is 20.9. The van der Waals surface area contributed by atoms with Crippen LogP contribution in [0.3, 0.4) is 0 Å². The summed E-state index contributed by atoms with van der Waals surface area (Å²) in [7, 11) is 1.73. The highest BCUT2D eigenvalue weighted by Gasteiger charge is 2.07. The van der Waals surface area contributed by atoms with E-state index < -0.39 is 0 Å². The Balaban J connectivity index is 0.00000261. The van der Waals surface area contributed by atoms with Crippen molar-refractivity contribution in [2.45, 2.75) is 26.3 Å². The molecule has 0 aliphatic heterocycles. The Hall–Kier alpha value is -2.43. The molecule has 0 bridgehead atoms. The van der Waals surface area contributed by atoms with Crippen LogP contribution in [0, 0.1) is 6.92 Å². The predicted molar refractivity (Wildman–Crippen MR) is 113 cm³/mol. The third-order valence-electron chi connectivity index (χ3n) is 3.66. The summed E-state index contributed by atoms with van der Waals surface area (Å²) in [5.41, 5.74) is 1.77. The van der Waals surface area contributed by atoms with Gasteiger partial charge in [0.2, 0.25) is 11.8 Å². The van der Waals surface area contributed by atoms with Crippen molar-refractivity contribution in [1.29, 1.82) is 0 Å². The Morgan fingerprint density at radius 1 is 1.15 bits per heavy atom. The molecule has 0 aliphatic carbocycles. The van der Waals surface area contributed by atoms with Crippen LogP contribution in [-0.2, 0) is 13.0 Å². The Bertz CT molecular complexity index is 846. The summed E-state index contributed by atoms with van der Waals surface area (Å²) in [4.78, 5) is 12.9. The summed E-state index contributed by atoms with van der Waals surface area (Å²) in [5.74, 6) is 2.63. The number of hydrogen-bond acceptors (Lipinski definition) is 6. The minimum atomic E-state index is 0. The largest absolute Gasteiger partial charge is 0.444 e. The van der Waals surface area contributed by atoms with E-state index in [0.717, 1.165) is 30.6 Å². The van der Waals surface area contributed by atoms with Crippen LogP contribution >= 0.6 is 24.0 Å². The second-order valence-corrected chi connectivity index (χ2v) is 5.70. The fourth-order valence-electron chi connectivity index (χ4n) is 2.38. The van der Waals surface area contributed by atoms with Crippen LogP contribution in [0.2, 0.25) is 0 Å². The van der Waals surface area contributed by atoms with Gasteiger partial charge in [-0.25, -0.2) is 4.98 Å². The third kappa shape index (κ3) is 6.35. The number of aromatic nitrogens is 3. The van der Waals surface area contributed by atoms with E-state index in [2.05, 4.69) is 30.8 Å². The molecule has 2 heterocycles. The van der Waals surface area contributed by atoms with E-state index in [9.17, 15) is 0 Å². The third-order valence-corrected chi connectivity index (χ3v) is 3.66. The van der Waals surface area contributed by atoms with Gasteiger partial charge in [0.25, 0.3) is 0 Å². The van der Waals surface area contributed by atoms with Crippen molar-refractivity contribution in [3.63, 3.8) is 0 Å². The summed E-state index contributed by atoms with van der Waals surface area (Å²) in [6, 6.07) is 9.81. The number of nitrogens with one attached hydrogen (secondary N) is 2. The molecule has 144 valence electrons. The van der Waals surface area contributed by atoms with Gasteiger partial charge in [-0.2, -0.15) is 4.98 Å². The van der Waals surface area contributed by atoms with Crippen LogP contribution in [0.25, 0.3) is 11.5 Å². The van der Waals surface area contributed by atoms with Crippen LogP contribution in [0.1, 0.15) is 23.8 Å². The maximum atomic E-state index is 5.53. The number of halogens is 1. The van der Waals surface area contributed by atoms with Crippen molar-refractivity contribution in [3.05, 3.63) is 54.0 Å². The number of oxazole rings is 1. The van der Waals surface area contributed by atoms with Crippen molar-refractivity contribution in [1.82, 2.24) is 25.8 Å². The number of aliphatic imine (C=N–C) groups is 1. The van der Waals surface area contributed by atoms with E-state index in [4.69, 9.17) is 8.94 Å². The zero-order valence-corrected chi connectivity index (χ0v) is 17.6. The Labute approximate surface area is 174 Å². The van der Waals surface area contributed by atoms with Crippen LogP contribution in [-0.4, -0.2) is 34.7 Å². The molecule has 0 saturated carbocycles. The van der Waals surface area contributed by atoms with E-state index in [0.29, 0.717) is 30.1 Å². The lowest BCUT2D eigenvalue weighted by molar-refractivity contribution is 0.372. The molecule has 0 fully saturated rings. The molecule has 8 nitrogen and oxygen atoms in total. The van der Waals surface area contributed by atoms with Gasteiger partial charge >= 0.3 is 0 Å². The summed E-state index contributed by atoms with van der Waals surface area (Å²) in [5, 5.41) is 10.2. The van der Waals surface area contributed by atoms with Gasteiger partial charge in [-0.1, -0.05) is 23.4 Å². The molecule has 0 aliphatic rings. The smallest absolute Gasteiger partial charge is 0.226 e. The highest BCUT2D eigenvalue weighted by atomic mass is 127. The fourth-order valence-corrected chi connectivity index (χ4v) is 2.38. The zero-order valence-electron chi connectivity index (χ0n) is 15.3. The number of hydrogen-bond donors (Lipinski definition) is 2. The molecule has 0 radical (unpaired) electrons. The zero-order chi connectivity index (χ0) is 18.2. The lowest BCUT2D eigenvalue weighted by Gasteiger charge is -2.10. The Morgan fingerprint density at radius 3 is 2.67 bits per heavy atom. The average molecular weight is 482 g/mol. The summed E-state index contributed by atoms with van der Waals surface area (Å²) in [6.45, 7) is 3.08. The van der Waals surface area contributed by atoms with Crippen LogP contribution in [0.5, 0.6) is 0 Å². The summed E-state index contributed by atoms with van der Waals surface area (Å²) >= 11 is 0. The first-order valence-corrected chi connectivity index (χ1v) is 8.48. The molecule has 0 amide bonds. The number of aryl methyl sites for hydroxylation is 2. The van der Waals surface area contributed by atoms with Crippen molar-refractivity contribution >= 4 is 29.9 Å². The number of guanidine groups is 1. The molecule has 1 aromatic carbocycles. The molecule has 9 heteroatoms. The minimum absolute atomic E-state index is 0. The Kier molecular flexibility index (Phi) is 8.24. The van der Waals surface area contributed by atoms with Gasteiger partial charge in [0, 0.05) is 25.6 Å². The molecule has 2 aromatic heterocycles. The average Bonchev–Trinajstić information content (AvgIpc) is 3.31. The first-order valence-electron chi connectivity index (χ1n) is 8.48. The van der Waals surface area contributed by atoms with E-state index in [1.54, 1.807) is 13.3 Å². The van der Waals surface area contributed by atoms with Gasteiger partial charge in [0.1, 0.15) is 6.26 Å². The van der Waals surface area contributed by atoms with Crippen molar-refractivity contribution in [2.75, 3.05) is 13.6 Å². The van der Waals surface area contributed by atoms with Crippen molar-refractivity contribution in [2.24, 2.45) is 4.99 Å². The number of rotatable bonds is 7. The second kappa shape index (κ2) is 10.7. The van der Waals surface area contributed by atoms with E-state index >= 15 is 0 Å². The lowest BCUT2D eigenvalue weighted by Crippen LogP contribution is -2.37. The standard InChI is InChI=1S/C18H22N6O2.HI/c1-13-22-16(26-24-13)9-6-10-20-18(19-2)21-11-15-12-25-17(23-15)14-7-4-3-5-8-14;/h3-5,7-8,12H,6,9-11H2,1-2H3,(H2,19,20,21);1H. The maximum absolute atomic E-state index is 5.53. The van der Waals surface area contributed by atoms with Gasteiger partial charge in [-0.15, -0.1) is 24.0 Å². The molecule has 0 unspecified atom stereocenters. The monoisotopic (exact) mass is 482 g/mol. The van der Waals surface area contributed by atoms with E-state index in [1.807, 2.05) is 37.3 Å². The van der Waals surface area contributed by atoms with Crippen molar-refractivity contribution < 1.29 is 8.94 Å². The SMILES string of the molecule is CN=C(NCCCc1nc(C)no1)NCc1coc(-c2ccccc2)n1.I. The molecule has 3 rings (SSSR count).